The highest BCUT2D eigenvalue weighted by Gasteiger charge is 1.91. The molecule has 0 aromatic carbocycles. The first-order valence-corrected chi connectivity index (χ1v) is 3.18. The van der Waals surface area contributed by atoms with Crippen molar-refractivity contribution in [2.24, 2.45) is 0 Å². The average Bonchev–Trinajstić information content (AvgIpc) is 2.15. The van der Waals surface area contributed by atoms with Crippen LogP contribution in [0.15, 0.2) is 17.6 Å². The van der Waals surface area contributed by atoms with E-state index in [0.717, 1.165) is 5.65 Å². The molecule has 40 valence electrons. The van der Waals surface area contributed by atoms with Crippen LogP contribution in [0.4, 0.5) is 0 Å². The molecule has 0 aliphatic rings. The van der Waals surface area contributed by atoms with E-state index in [1.165, 1.54) is 16.9 Å². The summed E-state index contributed by atoms with van der Waals surface area (Å²) in [4.78, 5) is 3.00. The van der Waals surface area contributed by atoms with Crippen molar-refractivity contribution in [1.29, 1.82) is 0 Å². The summed E-state index contributed by atoms with van der Waals surface area (Å²) < 4.78 is 4.06. The van der Waals surface area contributed by atoms with Crippen LogP contribution in [0, 0.1) is 0 Å². The zero-order chi connectivity index (χ0) is 5.40. The molecule has 2 nitrogen and oxygen atoms in total. The Morgan fingerprint density at radius 1 is 1.62 bits per heavy atom. The lowest BCUT2D eigenvalue weighted by atomic mass is 10.5. The highest BCUT2D eigenvalue weighted by Crippen LogP contribution is 2.11. The minimum Gasteiger partial charge on any atom is -0.345 e. The Hall–Kier alpha value is -0.830. The molecule has 0 unspecified atom stereocenters. The number of hydrogen-bond acceptors (Lipinski definition) is 2. The maximum absolute atomic E-state index is 4.06. The molecule has 2 rings (SSSR count). The molecule has 0 bridgehead atoms. The van der Waals surface area contributed by atoms with Crippen LogP contribution in [-0.2, 0) is 0 Å². The first-order valence-electron chi connectivity index (χ1n) is 2.34. The van der Waals surface area contributed by atoms with Gasteiger partial charge in [-0.2, -0.15) is 4.37 Å². The molecule has 0 spiro atoms. The Morgan fingerprint density at radius 3 is 3.50 bits per heavy atom. The Morgan fingerprint density at radius 2 is 2.62 bits per heavy atom. The van der Waals surface area contributed by atoms with Crippen molar-refractivity contribution in [3.63, 3.8) is 0 Å². The lowest BCUT2D eigenvalue weighted by molar-refractivity contribution is 1.42. The molecule has 0 radical (unpaired) electrons. The van der Waals surface area contributed by atoms with E-state index in [4.69, 9.17) is 0 Å². The minimum absolute atomic E-state index is 0.995. The van der Waals surface area contributed by atoms with E-state index in [9.17, 15) is 0 Å². The van der Waals surface area contributed by atoms with Gasteiger partial charge in [-0.1, -0.05) is 0 Å². The summed E-state index contributed by atoms with van der Waals surface area (Å²) in [5, 5.41) is 3.22. The SMILES string of the molecule is c1cc2csnc2[nH]1. The van der Waals surface area contributed by atoms with Crippen molar-refractivity contribution in [2.75, 3.05) is 0 Å². The van der Waals surface area contributed by atoms with Gasteiger partial charge in [-0.05, 0) is 17.6 Å². The van der Waals surface area contributed by atoms with Gasteiger partial charge in [-0.15, -0.1) is 0 Å². The summed E-state index contributed by atoms with van der Waals surface area (Å²) in [6.07, 6.45) is 1.89. The van der Waals surface area contributed by atoms with Crippen molar-refractivity contribution in [1.82, 2.24) is 9.36 Å². The Labute approximate surface area is 50.3 Å². The molecule has 0 aliphatic carbocycles. The fraction of sp³-hybridized carbons (Fsp3) is 0. The standard InChI is InChI=1S/C5H4N2S/c1-2-6-5-4(1)3-8-7-5/h1-3H,(H,6,7). The fourth-order valence-electron chi connectivity index (χ4n) is 0.683. The monoisotopic (exact) mass is 124 g/mol. The van der Waals surface area contributed by atoms with E-state index in [1.807, 2.05) is 17.6 Å². The van der Waals surface area contributed by atoms with E-state index in [-0.39, 0.29) is 0 Å². The number of hydrogen-bond donors (Lipinski definition) is 1. The maximum atomic E-state index is 4.06. The van der Waals surface area contributed by atoms with Crippen molar-refractivity contribution < 1.29 is 0 Å². The zero-order valence-electron chi connectivity index (χ0n) is 4.09. The van der Waals surface area contributed by atoms with E-state index in [1.54, 1.807) is 0 Å². The predicted octanol–water partition coefficient (Wildman–Crippen LogP) is 1.62. The number of rotatable bonds is 0. The van der Waals surface area contributed by atoms with Crippen molar-refractivity contribution >= 4 is 22.6 Å². The van der Waals surface area contributed by atoms with Crippen molar-refractivity contribution in [3.8, 4) is 0 Å². The van der Waals surface area contributed by atoms with Crippen LogP contribution in [-0.4, -0.2) is 9.36 Å². The summed E-state index contributed by atoms with van der Waals surface area (Å²) in [5.74, 6) is 0. The third-order valence-corrected chi connectivity index (χ3v) is 1.73. The van der Waals surface area contributed by atoms with Gasteiger partial charge in [0.1, 0.15) is 0 Å². The second kappa shape index (κ2) is 1.32. The van der Waals surface area contributed by atoms with E-state index >= 15 is 0 Å². The van der Waals surface area contributed by atoms with Crippen LogP contribution in [0.25, 0.3) is 11.0 Å². The largest absolute Gasteiger partial charge is 0.345 e. The molecule has 0 atom stereocenters. The molecule has 3 heteroatoms. The van der Waals surface area contributed by atoms with Gasteiger partial charge in [0.25, 0.3) is 0 Å². The first kappa shape index (κ1) is 4.09. The number of aromatic nitrogens is 2. The summed E-state index contributed by atoms with van der Waals surface area (Å²) in [5.41, 5.74) is 0.995. The molecule has 2 aromatic heterocycles. The van der Waals surface area contributed by atoms with Gasteiger partial charge in [-0.3, -0.25) is 0 Å². The Bertz CT molecular complexity index is 232. The van der Waals surface area contributed by atoms with Gasteiger partial charge in [0.15, 0.2) is 5.65 Å². The van der Waals surface area contributed by atoms with Crippen LogP contribution in [0.1, 0.15) is 0 Å². The van der Waals surface area contributed by atoms with Gasteiger partial charge in [0.2, 0.25) is 0 Å². The molecule has 8 heavy (non-hydrogen) atoms. The van der Waals surface area contributed by atoms with Crippen LogP contribution in [0.5, 0.6) is 0 Å². The quantitative estimate of drug-likeness (QED) is 0.568. The normalized spacial score (nSPS) is 10.5. The molecule has 1 N–H and O–H groups in total. The summed E-state index contributed by atoms with van der Waals surface area (Å²) in [7, 11) is 0. The summed E-state index contributed by atoms with van der Waals surface area (Å²) >= 11 is 1.48. The molecule has 0 fully saturated rings. The van der Waals surface area contributed by atoms with Crippen molar-refractivity contribution in [2.45, 2.75) is 0 Å². The molecule has 0 aliphatic heterocycles. The lowest BCUT2D eigenvalue weighted by Crippen LogP contribution is -1.56. The number of fused-ring (bicyclic) bond motifs is 1. The minimum atomic E-state index is 0.995. The highest BCUT2D eigenvalue weighted by molar-refractivity contribution is 7.04. The Balaban J connectivity index is 3.06. The predicted molar refractivity (Wildman–Crippen MR) is 34.0 cm³/mol. The fourth-order valence-corrected chi connectivity index (χ4v) is 1.30. The molecule has 2 heterocycles. The third kappa shape index (κ3) is 0.391. The van der Waals surface area contributed by atoms with E-state index in [0.29, 0.717) is 0 Å². The maximum Gasteiger partial charge on any atom is 0.150 e. The van der Waals surface area contributed by atoms with E-state index < -0.39 is 0 Å². The number of H-pyrrole nitrogens is 1. The first-order chi connectivity index (χ1) is 3.97. The zero-order valence-corrected chi connectivity index (χ0v) is 4.90. The number of aromatic amines is 1. The smallest absolute Gasteiger partial charge is 0.150 e. The number of nitrogens with zero attached hydrogens (tertiary/aromatic N) is 1. The van der Waals surface area contributed by atoms with Gasteiger partial charge in [-0.25, -0.2) is 0 Å². The van der Waals surface area contributed by atoms with Gasteiger partial charge >= 0.3 is 0 Å². The molecular formula is C5H4N2S. The van der Waals surface area contributed by atoms with Crippen LogP contribution < -0.4 is 0 Å². The average molecular weight is 124 g/mol. The van der Waals surface area contributed by atoms with Crippen molar-refractivity contribution in [3.05, 3.63) is 17.6 Å². The van der Waals surface area contributed by atoms with Crippen LogP contribution in [0.3, 0.4) is 0 Å². The summed E-state index contributed by atoms with van der Waals surface area (Å²) in [6, 6.07) is 2.01. The van der Waals surface area contributed by atoms with Gasteiger partial charge in [0, 0.05) is 17.0 Å². The van der Waals surface area contributed by atoms with Crippen LogP contribution in [0.2, 0.25) is 0 Å². The molecule has 0 saturated heterocycles. The highest BCUT2D eigenvalue weighted by atomic mass is 32.1. The second-order valence-electron chi connectivity index (χ2n) is 1.60. The molecule has 0 saturated carbocycles. The Kier molecular flexibility index (Phi) is 0.676. The van der Waals surface area contributed by atoms with Gasteiger partial charge < -0.3 is 4.98 Å². The van der Waals surface area contributed by atoms with Crippen LogP contribution >= 0.6 is 11.5 Å². The summed E-state index contributed by atoms with van der Waals surface area (Å²) in [6.45, 7) is 0. The van der Waals surface area contributed by atoms with Gasteiger partial charge in [0.05, 0.1) is 0 Å². The number of nitrogens with one attached hydrogen (secondary N) is 1. The molecule has 2 aromatic rings. The topological polar surface area (TPSA) is 28.7 Å². The molecular weight excluding hydrogens is 120 g/mol. The van der Waals surface area contributed by atoms with E-state index in [2.05, 4.69) is 9.36 Å². The molecule has 0 amide bonds. The lowest BCUT2D eigenvalue weighted by Gasteiger charge is -1.64. The third-order valence-electron chi connectivity index (χ3n) is 1.08. The second-order valence-corrected chi connectivity index (χ2v) is 2.23.